The highest BCUT2D eigenvalue weighted by atomic mass is 16.5. The highest BCUT2D eigenvalue weighted by Gasteiger charge is 2.54. The van der Waals surface area contributed by atoms with Crippen molar-refractivity contribution < 1.29 is 18.9 Å². The Kier molecular flexibility index (Phi) is 5.42. The van der Waals surface area contributed by atoms with Gasteiger partial charge in [-0.3, -0.25) is 19.4 Å². The molecule has 1 aromatic carbocycles. The summed E-state index contributed by atoms with van der Waals surface area (Å²) in [5.41, 5.74) is 0.409. The van der Waals surface area contributed by atoms with Gasteiger partial charge in [0.05, 0.1) is 12.2 Å². The molecule has 0 saturated carbocycles. The Morgan fingerprint density at radius 3 is 2.62 bits per heavy atom. The fourth-order valence-corrected chi connectivity index (χ4v) is 5.08. The number of amides is 4. The van der Waals surface area contributed by atoms with E-state index in [-0.39, 0.29) is 29.6 Å². The smallest absolute Gasteiger partial charge is 0.325 e. The number of nitrogens with one attached hydrogen (secondary N) is 1. The summed E-state index contributed by atoms with van der Waals surface area (Å²) in [6.07, 6.45) is 4.03. The Balaban J connectivity index is 1.23. The first kappa shape index (κ1) is 20.7. The summed E-state index contributed by atoms with van der Waals surface area (Å²) in [5, 5.41) is 6.59. The van der Waals surface area contributed by atoms with Crippen molar-refractivity contribution in [3.8, 4) is 0 Å². The van der Waals surface area contributed by atoms with Gasteiger partial charge in [-0.1, -0.05) is 35.5 Å². The highest BCUT2D eigenvalue weighted by molar-refractivity contribution is 6.07. The van der Waals surface area contributed by atoms with Crippen molar-refractivity contribution in [1.82, 2.24) is 25.2 Å². The molecular weight excluding hydrogens is 410 g/mol. The van der Waals surface area contributed by atoms with Crippen LogP contribution in [-0.4, -0.2) is 75.5 Å². The predicted octanol–water partition coefficient (Wildman–Crippen LogP) is 1.87. The van der Waals surface area contributed by atoms with Crippen LogP contribution in [0.3, 0.4) is 0 Å². The van der Waals surface area contributed by atoms with Gasteiger partial charge in [-0.15, -0.1) is 0 Å². The molecule has 3 aliphatic rings. The van der Waals surface area contributed by atoms with Gasteiger partial charge in [-0.05, 0) is 31.2 Å². The number of rotatable bonds is 4. The molecule has 1 spiro atoms. The fourth-order valence-electron chi connectivity index (χ4n) is 5.08. The van der Waals surface area contributed by atoms with E-state index in [4.69, 9.17) is 4.52 Å². The second kappa shape index (κ2) is 8.38. The summed E-state index contributed by atoms with van der Waals surface area (Å²) in [6, 6.07) is 11.1. The maximum Gasteiger partial charge on any atom is 0.325 e. The molecule has 0 aliphatic carbocycles. The zero-order valence-corrected chi connectivity index (χ0v) is 17.9. The molecule has 0 unspecified atom stereocenters. The summed E-state index contributed by atoms with van der Waals surface area (Å²) in [4.78, 5) is 44.3. The number of likely N-dealkylation sites (tertiary alicyclic amines) is 2. The standard InChI is InChI=1S/C23H27N5O4/c29-20(19-8-11-24-32-19)27-12-4-7-18(16-27)28-21(30)23(25-22(28)31)9-13-26(14-10-23)15-17-5-2-1-3-6-17/h1-3,5-6,8,11,18H,4,7,9-10,12-16H2,(H,25,31)/t18-/m1/s1. The van der Waals surface area contributed by atoms with E-state index in [2.05, 4.69) is 27.5 Å². The molecule has 5 rings (SSSR count). The van der Waals surface area contributed by atoms with Crippen molar-refractivity contribution in [2.45, 2.75) is 43.8 Å². The summed E-state index contributed by atoms with van der Waals surface area (Å²) >= 11 is 0. The summed E-state index contributed by atoms with van der Waals surface area (Å²) in [5.74, 6) is -0.242. The Morgan fingerprint density at radius 1 is 1.12 bits per heavy atom. The molecule has 1 aromatic heterocycles. The van der Waals surface area contributed by atoms with Crippen LogP contribution in [-0.2, 0) is 11.3 Å². The van der Waals surface area contributed by atoms with Crippen LogP contribution in [0, 0.1) is 0 Å². The SMILES string of the molecule is O=C(c1ccno1)N1CCC[C@@H](N2C(=O)NC3(CCN(Cc4ccccc4)CC3)C2=O)C1. The quantitative estimate of drug-likeness (QED) is 0.733. The molecule has 4 amide bonds. The van der Waals surface area contributed by atoms with Gasteiger partial charge in [-0.2, -0.15) is 0 Å². The molecule has 168 valence electrons. The number of aromatic nitrogens is 1. The van der Waals surface area contributed by atoms with Crippen LogP contribution in [0.15, 0.2) is 47.1 Å². The summed E-state index contributed by atoms with van der Waals surface area (Å²) in [6.45, 7) is 3.21. The molecular formula is C23H27N5O4. The van der Waals surface area contributed by atoms with Crippen molar-refractivity contribution in [2.75, 3.05) is 26.2 Å². The monoisotopic (exact) mass is 437 g/mol. The molecule has 3 aliphatic heterocycles. The molecule has 32 heavy (non-hydrogen) atoms. The van der Waals surface area contributed by atoms with Crippen LogP contribution in [0.25, 0.3) is 0 Å². The number of carbonyl (C=O) groups excluding carboxylic acids is 3. The van der Waals surface area contributed by atoms with Gasteiger partial charge >= 0.3 is 6.03 Å². The molecule has 3 fully saturated rings. The lowest BCUT2D eigenvalue weighted by Crippen LogP contribution is -2.56. The van der Waals surface area contributed by atoms with E-state index in [9.17, 15) is 14.4 Å². The van der Waals surface area contributed by atoms with Crippen LogP contribution in [0.1, 0.15) is 41.8 Å². The Hall–Kier alpha value is -3.20. The van der Waals surface area contributed by atoms with E-state index in [1.165, 1.54) is 22.7 Å². The van der Waals surface area contributed by atoms with E-state index < -0.39 is 5.54 Å². The van der Waals surface area contributed by atoms with Crippen molar-refractivity contribution in [3.05, 3.63) is 53.9 Å². The highest BCUT2D eigenvalue weighted by Crippen LogP contribution is 2.33. The number of hydrogen-bond acceptors (Lipinski definition) is 6. The topological polar surface area (TPSA) is 99.0 Å². The number of urea groups is 1. The molecule has 1 N–H and O–H groups in total. The number of nitrogens with zero attached hydrogens (tertiary/aromatic N) is 4. The van der Waals surface area contributed by atoms with E-state index in [1.54, 1.807) is 4.90 Å². The molecule has 2 aromatic rings. The van der Waals surface area contributed by atoms with Crippen molar-refractivity contribution >= 4 is 17.8 Å². The molecule has 4 heterocycles. The Morgan fingerprint density at radius 2 is 1.91 bits per heavy atom. The first-order chi connectivity index (χ1) is 15.6. The van der Waals surface area contributed by atoms with Crippen molar-refractivity contribution in [2.24, 2.45) is 0 Å². The van der Waals surface area contributed by atoms with Gasteiger partial charge in [-0.25, -0.2) is 4.79 Å². The third-order valence-corrected chi connectivity index (χ3v) is 6.85. The van der Waals surface area contributed by atoms with Gasteiger partial charge in [0, 0.05) is 38.8 Å². The average molecular weight is 438 g/mol. The first-order valence-corrected chi connectivity index (χ1v) is 11.2. The maximum absolute atomic E-state index is 13.5. The van der Waals surface area contributed by atoms with Crippen molar-refractivity contribution in [1.29, 1.82) is 0 Å². The first-order valence-electron chi connectivity index (χ1n) is 11.2. The molecule has 0 bridgehead atoms. The zero-order chi connectivity index (χ0) is 22.1. The number of hydrogen-bond donors (Lipinski definition) is 1. The minimum atomic E-state index is -0.832. The minimum absolute atomic E-state index is 0.152. The molecule has 9 heteroatoms. The van der Waals surface area contributed by atoms with E-state index in [0.717, 1.165) is 26.1 Å². The molecule has 3 saturated heterocycles. The third kappa shape index (κ3) is 3.77. The summed E-state index contributed by atoms with van der Waals surface area (Å²) < 4.78 is 4.99. The second-order valence-electron chi connectivity index (χ2n) is 8.87. The van der Waals surface area contributed by atoms with Crippen LogP contribution in [0.5, 0.6) is 0 Å². The number of piperidine rings is 2. The lowest BCUT2D eigenvalue weighted by Gasteiger charge is -2.39. The van der Waals surface area contributed by atoms with Crippen molar-refractivity contribution in [3.63, 3.8) is 0 Å². The molecule has 9 nitrogen and oxygen atoms in total. The minimum Gasteiger partial charge on any atom is -0.351 e. The van der Waals surface area contributed by atoms with E-state index in [1.807, 2.05) is 18.2 Å². The number of benzene rings is 1. The number of imide groups is 1. The zero-order valence-electron chi connectivity index (χ0n) is 17.9. The Bertz CT molecular complexity index is 985. The largest absolute Gasteiger partial charge is 0.351 e. The third-order valence-electron chi connectivity index (χ3n) is 6.85. The maximum atomic E-state index is 13.5. The van der Waals surface area contributed by atoms with E-state index in [0.29, 0.717) is 32.4 Å². The van der Waals surface area contributed by atoms with Crippen LogP contribution >= 0.6 is 0 Å². The van der Waals surface area contributed by atoms with Gasteiger partial charge < -0.3 is 14.7 Å². The lowest BCUT2D eigenvalue weighted by atomic mass is 9.87. The van der Waals surface area contributed by atoms with E-state index >= 15 is 0 Å². The normalized spacial score (nSPS) is 23.6. The second-order valence-corrected chi connectivity index (χ2v) is 8.87. The van der Waals surface area contributed by atoms with Crippen LogP contribution in [0.2, 0.25) is 0 Å². The molecule has 1 atom stereocenters. The van der Waals surface area contributed by atoms with Gasteiger partial charge in [0.25, 0.3) is 11.8 Å². The fraction of sp³-hybridized carbons (Fsp3) is 0.478. The molecule has 0 radical (unpaired) electrons. The van der Waals surface area contributed by atoms with Crippen LogP contribution < -0.4 is 5.32 Å². The summed E-state index contributed by atoms with van der Waals surface area (Å²) in [7, 11) is 0. The predicted molar refractivity (Wildman–Crippen MR) is 114 cm³/mol. The van der Waals surface area contributed by atoms with Crippen LogP contribution in [0.4, 0.5) is 4.79 Å². The lowest BCUT2D eigenvalue weighted by molar-refractivity contribution is -0.135. The average Bonchev–Trinajstić information content (AvgIpc) is 3.43. The van der Waals surface area contributed by atoms with Gasteiger partial charge in [0.1, 0.15) is 5.54 Å². The van der Waals surface area contributed by atoms with Gasteiger partial charge in [0.2, 0.25) is 5.76 Å². The van der Waals surface area contributed by atoms with Gasteiger partial charge in [0.15, 0.2) is 0 Å². The Labute approximate surface area is 186 Å². The number of carbonyl (C=O) groups is 3.